The summed E-state index contributed by atoms with van der Waals surface area (Å²) >= 11 is 3.50. The fourth-order valence-corrected chi connectivity index (χ4v) is 3.53. The molecule has 1 aliphatic heterocycles. The first-order valence-electron chi connectivity index (χ1n) is 8.40. The molecule has 7 heteroatoms. The van der Waals surface area contributed by atoms with Gasteiger partial charge in [-0.2, -0.15) is 0 Å². The van der Waals surface area contributed by atoms with Crippen LogP contribution in [0.15, 0.2) is 59.2 Å². The molecule has 0 saturated carbocycles. The van der Waals surface area contributed by atoms with Crippen LogP contribution in [-0.4, -0.2) is 35.3 Å². The van der Waals surface area contributed by atoms with Crippen LogP contribution in [0.25, 0.3) is 0 Å². The highest BCUT2D eigenvalue weighted by Crippen LogP contribution is 2.32. The van der Waals surface area contributed by atoms with Crippen molar-refractivity contribution in [3.8, 4) is 5.75 Å². The highest BCUT2D eigenvalue weighted by molar-refractivity contribution is 9.10. The Morgan fingerprint density at radius 1 is 1.23 bits per heavy atom. The molecule has 26 heavy (non-hydrogen) atoms. The zero-order chi connectivity index (χ0) is 17.9. The van der Waals surface area contributed by atoms with Crippen LogP contribution in [0.2, 0.25) is 0 Å². The molecule has 0 bridgehead atoms. The number of methoxy groups -OCH3 is 1. The average molecular weight is 415 g/mol. The zero-order valence-electron chi connectivity index (χ0n) is 14.4. The number of rotatable bonds is 5. The molecule has 3 aromatic rings. The first kappa shape index (κ1) is 17.1. The molecule has 134 valence electrons. The van der Waals surface area contributed by atoms with E-state index in [9.17, 15) is 0 Å². The number of halogens is 1. The number of hydrogen-bond donors (Lipinski definition) is 0. The second-order valence-corrected chi connectivity index (χ2v) is 7.00. The van der Waals surface area contributed by atoms with Crippen molar-refractivity contribution in [3.05, 3.63) is 70.5 Å². The van der Waals surface area contributed by atoms with Crippen LogP contribution in [0.4, 0.5) is 5.69 Å². The van der Waals surface area contributed by atoms with Crippen LogP contribution in [0.5, 0.6) is 5.75 Å². The van der Waals surface area contributed by atoms with Gasteiger partial charge in [0.05, 0.1) is 26.5 Å². The van der Waals surface area contributed by atoms with E-state index in [1.165, 1.54) is 0 Å². The Kier molecular flexibility index (Phi) is 4.90. The third-order valence-electron chi connectivity index (χ3n) is 4.34. The summed E-state index contributed by atoms with van der Waals surface area (Å²) in [5.41, 5.74) is 3.05. The van der Waals surface area contributed by atoms with Crippen molar-refractivity contribution < 1.29 is 9.47 Å². The van der Waals surface area contributed by atoms with Crippen molar-refractivity contribution in [1.82, 2.24) is 15.0 Å². The summed E-state index contributed by atoms with van der Waals surface area (Å²) < 4.78 is 14.0. The van der Waals surface area contributed by atoms with E-state index < -0.39 is 0 Å². The number of aromatic nitrogens is 3. The maximum Gasteiger partial charge on any atom is 0.177 e. The first-order chi connectivity index (χ1) is 12.7. The average Bonchev–Trinajstić information content (AvgIpc) is 3.31. The molecule has 4 rings (SSSR count). The second kappa shape index (κ2) is 7.47. The van der Waals surface area contributed by atoms with Gasteiger partial charge in [0.25, 0.3) is 0 Å². The largest absolute Gasteiger partial charge is 0.497 e. The molecule has 1 saturated heterocycles. The molecular formula is C19H19BrN4O2. The number of anilines is 1. The normalized spacial score (nSPS) is 16.8. The number of ether oxygens (including phenoxy) is 2. The Labute approximate surface area is 160 Å². The van der Waals surface area contributed by atoms with E-state index >= 15 is 0 Å². The summed E-state index contributed by atoms with van der Waals surface area (Å²) in [7, 11) is 1.67. The third kappa shape index (κ3) is 3.59. The standard InChI is InChI=1S/C19H19BrN4O2/c1-25-17-7-5-16(6-8-17)24-9-10-26-19(24)18-13-23(22-21-18)12-14-3-2-4-15(20)11-14/h2-8,11,13,19H,9-10,12H2,1H3/t19-/m1/s1. The summed E-state index contributed by atoms with van der Waals surface area (Å²) in [5, 5.41) is 8.60. The van der Waals surface area contributed by atoms with E-state index in [0.29, 0.717) is 13.2 Å². The Hall–Kier alpha value is -2.38. The second-order valence-electron chi connectivity index (χ2n) is 6.09. The summed E-state index contributed by atoms with van der Waals surface area (Å²) in [4.78, 5) is 2.19. The number of nitrogens with zero attached hydrogens (tertiary/aromatic N) is 4. The lowest BCUT2D eigenvalue weighted by atomic mass is 10.2. The molecule has 2 heterocycles. The molecule has 1 fully saturated rings. The fraction of sp³-hybridized carbons (Fsp3) is 0.263. The minimum Gasteiger partial charge on any atom is -0.497 e. The van der Waals surface area contributed by atoms with Gasteiger partial charge in [-0.15, -0.1) is 5.10 Å². The van der Waals surface area contributed by atoms with Gasteiger partial charge >= 0.3 is 0 Å². The number of hydrogen-bond acceptors (Lipinski definition) is 5. The Bertz CT molecular complexity index is 881. The molecule has 2 aromatic carbocycles. The monoisotopic (exact) mass is 414 g/mol. The fourth-order valence-electron chi connectivity index (χ4n) is 3.08. The van der Waals surface area contributed by atoms with Gasteiger partial charge in [0.1, 0.15) is 11.4 Å². The van der Waals surface area contributed by atoms with Gasteiger partial charge in [0.2, 0.25) is 0 Å². The molecule has 0 unspecified atom stereocenters. The molecule has 0 radical (unpaired) electrons. The van der Waals surface area contributed by atoms with Gasteiger partial charge in [0, 0.05) is 16.7 Å². The lowest BCUT2D eigenvalue weighted by molar-refractivity contribution is 0.110. The summed E-state index contributed by atoms with van der Waals surface area (Å²) in [6.07, 6.45) is 1.73. The van der Waals surface area contributed by atoms with Gasteiger partial charge in [-0.05, 0) is 42.0 Å². The van der Waals surface area contributed by atoms with Gasteiger partial charge in [0.15, 0.2) is 6.23 Å². The van der Waals surface area contributed by atoms with Crippen molar-refractivity contribution in [3.63, 3.8) is 0 Å². The smallest absolute Gasteiger partial charge is 0.177 e. The molecule has 0 aliphatic carbocycles. The highest BCUT2D eigenvalue weighted by atomic mass is 79.9. The van der Waals surface area contributed by atoms with E-state index in [4.69, 9.17) is 9.47 Å². The van der Waals surface area contributed by atoms with Crippen LogP contribution < -0.4 is 9.64 Å². The van der Waals surface area contributed by atoms with Crippen LogP contribution >= 0.6 is 15.9 Å². The molecule has 0 amide bonds. The van der Waals surface area contributed by atoms with Crippen LogP contribution in [0.3, 0.4) is 0 Å². The maximum absolute atomic E-state index is 5.92. The number of benzene rings is 2. The molecule has 0 N–H and O–H groups in total. The van der Waals surface area contributed by atoms with Crippen LogP contribution in [-0.2, 0) is 11.3 Å². The van der Waals surface area contributed by atoms with Crippen molar-refractivity contribution in [2.45, 2.75) is 12.8 Å². The van der Waals surface area contributed by atoms with Gasteiger partial charge in [-0.1, -0.05) is 33.3 Å². The van der Waals surface area contributed by atoms with Crippen LogP contribution in [0.1, 0.15) is 17.5 Å². The van der Waals surface area contributed by atoms with Gasteiger partial charge < -0.3 is 14.4 Å². The van der Waals surface area contributed by atoms with Crippen molar-refractivity contribution in [2.24, 2.45) is 0 Å². The van der Waals surface area contributed by atoms with Crippen molar-refractivity contribution >= 4 is 21.6 Å². The van der Waals surface area contributed by atoms with E-state index in [1.54, 1.807) is 7.11 Å². The summed E-state index contributed by atoms with van der Waals surface area (Å²) in [6.45, 7) is 2.15. The zero-order valence-corrected chi connectivity index (χ0v) is 16.0. The minimum atomic E-state index is -0.223. The van der Waals surface area contributed by atoms with E-state index in [-0.39, 0.29) is 6.23 Å². The summed E-state index contributed by atoms with van der Waals surface area (Å²) in [6, 6.07) is 16.2. The van der Waals surface area contributed by atoms with Crippen molar-refractivity contribution in [2.75, 3.05) is 25.2 Å². The first-order valence-corrected chi connectivity index (χ1v) is 9.19. The van der Waals surface area contributed by atoms with E-state index in [2.05, 4.69) is 43.3 Å². The molecule has 6 nitrogen and oxygen atoms in total. The lowest BCUT2D eigenvalue weighted by Gasteiger charge is -2.23. The lowest BCUT2D eigenvalue weighted by Crippen LogP contribution is -2.23. The topological polar surface area (TPSA) is 52.4 Å². The van der Waals surface area contributed by atoms with Gasteiger partial charge in [-0.25, -0.2) is 4.68 Å². The SMILES string of the molecule is COc1ccc(N2CCO[C@@H]2c2cn(Cc3cccc(Br)c3)nn2)cc1. The molecule has 0 spiro atoms. The third-order valence-corrected chi connectivity index (χ3v) is 4.83. The van der Waals surface area contributed by atoms with E-state index in [1.807, 2.05) is 47.3 Å². The highest BCUT2D eigenvalue weighted by Gasteiger charge is 2.29. The predicted octanol–water partition coefficient (Wildman–Crippen LogP) is 3.63. The summed E-state index contributed by atoms with van der Waals surface area (Å²) in [5.74, 6) is 0.838. The van der Waals surface area contributed by atoms with Crippen molar-refractivity contribution in [1.29, 1.82) is 0 Å². The Balaban J connectivity index is 1.52. The Morgan fingerprint density at radius 3 is 2.85 bits per heavy atom. The van der Waals surface area contributed by atoms with E-state index in [0.717, 1.165) is 33.7 Å². The quantitative estimate of drug-likeness (QED) is 0.637. The molecule has 1 aliphatic rings. The molecule has 1 aromatic heterocycles. The van der Waals surface area contributed by atoms with Gasteiger partial charge in [-0.3, -0.25) is 0 Å². The molecule has 1 atom stereocenters. The predicted molar refractivity (Wildman–Crippen MR) is 102 cm³/mol. The maximum atomic E-state index is 5.92. The Morgan fingerprint density at radius 2 is 2.08 bits per heavy atom. The minimum absolute atomic E-state index is 0.223. The van der Waals surface area contributed by atoms with Crippen LogP contribution in [0, 0.1) is 0 Å². The molecular weight excluding hydrogens is 396 g/mol.